The Labute approximate surface area is 120 Å². The Morgan fingerprint density at radius 1 is 1.35 bits per heavy atom. The van der Waals surface area contributed by atoms with Crippen LogP contribution >= 0.6 is 11.6 Å². The predicted octanol–water partition coefficient (Wildman–Crippen LogP) is 2.73. The van der Waals surface area contributed by atoms with Gasteiger partial charge in [-0.2, -0.15) is 0 Å². The Morgan fingerprint density at radius 3 is 2.60 bits per heavy atom. The zero-order valence-corrected chi connectivity index (χ0v) is 12.2. The van der Waals surface area contributed by atoms with Gasteiger partial charge in [0.1, 0.15) is 4.90 Å². The summed E-state index contributed by atoms with van der Waals surface area (Å²) in [6, 6.07) is 2.41. The average Bonchev–Trinajstić information content (AvgIpc) is 2.76. The van der Waals surface area contributed by atoms with Crippen LogP contribution < -0.4 is 4.72 Å². The molecule has 0 aliphatic rings. The number of alkyl halides is 1. The monoisotopic (exact) mass is 319 g/mol. The molecule has 9 heteroatoms. The number of nitrogens with zero attached hydrogens (tertiary/aromatic N) is 2. The summed E-state index contributed by atoms with van der Waals surface area (Å²) in [7, 11) is -3.91. The Bertz CT molecular complexity index is 725. The van der Waals surface area contributed by atoms with E-state index in [1.165, 1.54) is 32.2 Å². The van der Waals surface area contributed by atoms with Crippen LogP contribution in [0.4, 0.5) is 10.2 Å². The van der Waals surface area contributed by atoms with Crippen molar-refractivity contribution in [3.8, 4) is 0 Å². The largest absolute Gasteiger partial charge is 0.356 e. The van der Waals surface area contributed by atoms with Gasteiger partial charge in [-0.1, -0.05) is 16.8 Å². The first-order valence-electron chi connectivity index (χ1n) is 5.48. The highest BCUT2D eigenvalue weighted by Gasteiger charge is 2.26. The molecular formula is C11H11ClFN3O3S. The van der Waals surface area contributed by atoms with E-state index in [0.717, 1.165) is 6.20 Å². The van der Waals surface area contributed by atoms with E-state index in [0.29, 0.717) is 0 Å². The van der Waals surface area contributed by atoms with Crippen molar-refractivity contribution in [2.24, 2.45) is 0 Å². The second-order valence-corrected chi connectivity index (χ2v) is 6.61. The minimum absolute atomic E-state index is 0.0839. The molecule has 0 aromatic carbocycles. The van der Waals surface area contributed by atoms with Crippen LogP contribution in [-0.4, -0.2) is 18.6 Å². The summed E-state index contributed by atoms with van der Waals surface area (Å²) in [4.78, 5) is 3.55. The fraction of sp³-hybridized carbons (Fsp3) is 0.273. The SMILES string of the molecule is CC(C)(F)c1cc(NS(=O)(=O)c2cncc(Cl)c2)no1. The van der Waals surface area contributed by atoms with Crippen molar-refractivity contribution in [3.63, 3.8) is 0 Å². The third-order valence-corrected chi connectivity index (χ3v) is 3.85. The molecule has 0 spiro atoms. The maximum Gasteiger partial charge on any atom is 0.264 e. The predicted molar refractivity (Wildman–Crippen MR) is 70.7 cm³/mol. The van der Waals surface area contributed by atoms with E-state index in [-0.39, 0.29) is 21.5 Å². The molecule has 0 bridgehead atoms. The number of hydrogen-bond donors (Lipinski definition) is 1. The molecule has 0 aliphatic heterocycles. The number of halogens is 2. The number of pyridine rings is 1. The molecule has 6 nitrogen and oxygen atoms in total. The number of sulfonamides is 1. The minimum atomic E-state index is -3.91. The first-order chi connectivity index (χ1) is 9.18. The summed E-state index contributed by atoms with van der Waals surface area (Å²) in [5.74, 6) is -0.204. The molecule has 2 heterocycles. The molecule has 2 aromatic heterocycles. The molecule has 0 saturated heterocycles. The molecule has 2 rings (SSSR count). The maximum absolute atomic E-state index is 13.6. The number of rotatable bonds is 4. The van der Waals surface area contributed by atoms with Crippen molar-refractivity contribution < 1.29 is 17.3 Å². The summed E-state index contributed by atoms with van der Waals surface area (Å²) in [5, 5.41) is 3.64. The molecule has 108 valence electrons. The van der Waals surface area contributed by atoms with Crippen molar-refractivity contribution in [2.45, 2.75) is 24.4 Å². The zero-order valence-electron chi connectivity index (χ0n) is 10.6. The summed E-state index contributed by atoms with van der Waals surface area (Å²) in [5.41, 5.74) is -1.76. The van der Waals surface area contributed by atoms with Crippen LogP contribution in [0.2, 0.25) is 5.02 Å². The van der Waals surface area contributed by atoms with Crippen molar-refractivity contribution in [3.05, 3.63) is 35.3 Å². The standard InChI is InChI=1S/C11H11ClFN3O3S/c1-11(2,13)9-4-10(15-19-9)16-20(17,18)8-3-7(12)5-14-6-8/h3-6H,1-2H3,(H,15,16). The molecule has 20 heavy (non-hydrogen) atoms. The highest BCUT2D eigenvalue weighted by Crippen LogP contribution is 2.27. The van der Waals surface area contributed by atoms with E-state index in [2.05, 4.69) is 14.9 Å². The van der Waals surface area contributed by atoms with Crippen LogP contribution in [0.15, 0.2) is 33.9 Å². The van der Waals surface area contributed by atoms with Gasteiger partial charge >= 0.3 is 0 Å². The third-order valence-electron chi connectivity index (χ3n) is 2.33. The molecule has 0 fully saturated rings. The molecule has 0 saturated carbocycles. The summed E-state index contributed by atoms with van der Waals surface area (Å²) in [6.45, 7) is 2.54. The summed E-state index contributed by atoms with van der Waals surface area (Å²) in [6.07, 6.45) is 2.44. The number of aromatic nitrogens is 2. The Hall–Kier alpha value is -1.67. The lowest BCUT2D eigenvalue weighted by Crippen LogP contribution is -2.13. The van der Waals surface area contributed by atoms with Crippen molar-refractivity contribution in [1.29, 1.82) is 0 Å². The number of nitrogens with one attached hydrogen (secondary N) is 1. The molecule has 0 radical (unpaired) electrons. The maximum atomic E-state index is 13.6. The molecule has 2 aromatic rings. The number of anilines is 1. The molecular weight excluding hydrogens is 309 g/mol. The fourth-order valence-corrected chi connectivity index (χ4v) is 2.55. The van der Waals surface area contributed by atoms with Crippen LogP contribution in [0, 0.1) is 0 Å². The third kappa shape index (κ3) is 3.26. The fourth-order valence-electron chi connectivity index (χ4n) is 1.34. The molecule has 0 aliphatic carbocycles. The second-order valence-electron chi connectivity index (χ2n) is 4.49. The highest BCUT2D eigenvalue weighted by atomic mass is 35.5. The highest BCUT2D eigenvalue weighted by molar-refractivity contribution is 7.92. The van der Waals surface area contributed by atoms with Gasteiger partial charge in [0.05, 0.1) is 5.02 Å². The van der Waals surface area contributed by atoms with Gasteiger partial charge in [0.15, 0.2) is 17.2 Å². The van der Waals surface area contributed by atoms with E-state index in [4.69, 9.17) is 16.1 Å². The topological polar surface area (TPSA) is 85.1 Å². The molecule has 0 unspecified atom stereocenters. The van der Waals surface area contributed by atoms with Crippen molar-refractivity contribution in [2.75, 3.05) is 4.72 Å². The lowest BCUT2D eigenvalue weighted by atomic mass is 10.1. The van der Waals surface area contributed by atoms with Crippen molar-refractivity contribution in [1.82, 2.24) is 10.1 Å². The quantitative estimate of drug-likeness (QED) is 0.936. The number of hydrogen-bond acceptors (Lipinski definition) is 5. The first-order valence-corrected chi connectivity index (χ1v) is 7.34. The Morgan fingerprint density at radius 2 is 2.05 bits per heavy atom. The van der Waals surface area contributed by atoms with Gasteiger partial charge in [0, 0.05) is 18.5 Å². The second kappa shape index (κ2) is 5.02. The Kier molecular flexibility index (Phi) is 3.70. The van der Waals surface area contributed by atoms with Gasteiger partial charge in [-0.25, -0.2) is 12.8 Å². The van der Waals surface area contributed by atoms with Gasteiger partial charge in [-0.3, -0.25) is 9.71 Å². The van der Waals surface area contributed by atoms with Crippen LogP contribution in [-0.2, 0) is 15.7 Å². The average molecular weight is 320 g/mol. The van der Waals surface area contributed by atoms with Crippen molar-refractivity contribution >= 4 is 27.4 Å². The summed E-state index contributed by atoms with van der Waals surface area (Å²) >= 11 is 5.68. The lowest BCUT2D eigenvalue weighted by Gasteiger charge is -2.07. The van der Waals surface area contributed by atoms with Gasteiger partial charge in [0.25, 0.3) is 10.0 Å². The van der Waals surface area contributed by atoms with E-state index >= 15 is 0 Å². The normalized spacial score (nSPS) is 12.4. The van der Waals surface area contributed by atoms with Crippen LogP contribution in [0.5, 0.6) is 0 Å². The zero-order chi connectivity index (χ0) is 15.0. The molecule has 1 N–H and O–H groups in total. The summed E-state index contributed by atoms with van der Waals surface area (Å²) < 4.78 is 44.6. The Balaban J connectivity index is 2.27. The van der Waals surface area contributed by atoms with Gasteiger partial charge < -0.3 is 4.52 Å². The van der Waals surface area contributed by atoms with Gasteiger partial charge in [-0.05, 0) is 19.9 Å². The lowest BCUT2D eigenvalue weighted by molar-refractivity contribution is 0.163. The van der Waals surface area contributed by atoms with Crippen LogP contribution in [0.1, 0.15) is 19.6 Å². The first kappa shape index (κ1) is 14.7. The van der Waals surface area contributed by atoms with Crippen LogP contribution in [0.3, 0.4) is 0 Å². The van der Waals surface area contributed by atoms with E-state index < -0.39 is 15.7 Å². The van der Waals surface area contributed by atoms with Gasteiger partial charge in [0.2, 0.25) is 0 Å². The smallest absolute Gasteiger partial charge is 0.264 e. The van der Waals surface area contributed by atoms with E-state index in [1.54, 1.807) is 0 Å². The molecule has 0 atom stereocenters. The molecule has 0 amide bonds. The van der Waals surface area contributed by atoms with Gasteiger partial charge in [-0.15, -0.1) is 0 Å². The van der Waals surface area contributed by atoms with E-state index in [9.17, 15) is 12.8 Å². The van der Waals surface area contributed by atoms with Crippen LogP contribution in [0.25, 0.3) is 0 Å². The minimum Gasteiger partial charge on any atom is -0.356 e. The van der Waals surface area contributed by atoms with E-state index in [1.807, 2.05) is 0 Å².